The summed E-state index contributed by atoms with van der Waals surface area (Å²) in [6.07, 6.45) is 2.74. The summed E-state index contributed by atoms with van der Waals surface area (Å²) in [6.45, 7) is 4.81. The maximum absolute atomic E-state index is 5.71. The van der Waals surface area contributed by atoms with Gasteiger partial charge in [-0.3, -0.25) is 4.90 Å². The number of ether oxygens (including phenoxy) is 1. The molecule has 72 valence electrons. The number of nitrogens with zero attached hydrogens (tertiary/aromatic N) is 1. The summed E-state index contributed by atoms with van der Waals surface area (Å²) in [5.41, 5.74) is 5.71. The minimum absolute atomic E-state index is 0.375. The normalized spacial score (nSPS) is 26.5. The summed E-state index contributed by atoms with van der Waals surface area (Å²) in [5.74, 6) is 0. The van der Waals surface area contributed by atoms with E-state index in [2.05, 4.69) is 18.9 Å². The lowest BCUT2D eigenvalue weighted by molar-refractivity contribution is 0.0393. The molecule has 2 atom stereocenters. The van der Waals surface area contributed by atoms with Gasteiger partial charge in [0.1, 0.15) is 0 Å². The third-order valence-electron chi connectivity index (χ3n) is 2.70. The van der Waals surface area contributed by atoms with E-state index < -0.39 is 0 Å². The fourth-order valence-corrected chi connectivity index (χ4v) is 1.76. The summed E-state index contributed by atoms with van der Waals surface area (Å²) in [4.78, 5) is 2.27. The predicted molar refractivity (Wildman–Crippen MR) is 50.1 cm³/mol. The van der Waals surface area contributed by atoms with Crippen LogP contribution in [0.2, 0.25) is 0 Å². The molecule has 3 heteroatoms. The van der Waals surface area contributed by atoms with Crippen LogP contribution in [0.25, 0.3) is 0 Å². The van der Waals surface area contributed by atoms with Crippen molar-refractivity contribution in [3.8, 4) is 0 Å². The molecular weight excluding hydrogens is 152 g/mol. The van der Waals surface area contributed by atoms with E-state index in [0.29, 0.717) is 18.7 Å². The second-order valence-electron chi connectivity index (χ2n) is 3.43. The van der Waals surface area contributed by atoms with Crippen molar-refractivity contribution in [1.82, 2.24) is 4.90 Å². The molecule has 2 N–H and O–H groups in total. The molecule has 3 nitrogen and oxygen atoms in total. The Morgan fingerprint density at radius 1 is 1.67 bits per heavy atom. The predicted octanol–water partition coefficient (Wildman–Crippen LogP) is 0.444. The summed E-state index contributed by atoms with van der Waals surface area (Å²) in [7, 11) is 2.11. The van der Waals surface area contributed by atoms with Gasteiger partial charge in [-0.25, -0.2) is 0 Å². The van der Waals surface area contributed by atoms with Crippen LogP contribution in [-0.2, 0) is 4.74 Å². The first-order valence-corrected chi connectivity index (χ1v) is 4.81. The lowest BCUT2D eigenvalue weighted by Crippen LogP contribution is -2.46. The van der Waals surface area contributed by atoms with Crippen LogP contribution < -0.4 is 5.73 Å². The minimum atomic E-state index is 0.375. The van der Waals surface area contributed by atoms with E-state index in [9.17, 15) is 0 Å². The molecule has 0 bridgehead atoms. The zero-order chi connectivity index (χ0) is 8.97. The van der Waals surface area contributed by atoms with E-state index >= 15 is 0 Å². The van der Waals surface area contributed by atoms with Crippen molar-refractivity contribution in [3.63, 3.8) is 0 Å². The highest BCUT2D eigenvalue weighted by atomic mass is 16.5. The molecule has 1 rings (SSSR count). The van der Waals surface area contributed by atoms with Gasteiger partial charge in [0.15, 0.2) is 0 Å². The van der Waals surface area contributed by atoms with Crippen LogP contribution in [0.1, 0.15) is 19.8 Å². The second kappa shape index (κ2) is 4.80. The van der Waals surface area contributed by atoms with Crippen LogP contribution in [0.4, 0.5) is 0 Å². The standard InChI is InChI=1S/C9H20N2O/c1-3-11(2)8(7-10)9-5-4-6-12-9/h8-9H,3-7,10H2,1-2H3. The highest BCUT2D eigenvalue weighted by molar-refractivity contribution is 4.81. The van der Waals surface area contributed by atoms with Crippen molar-refractivity contribution in [2.24, 2.45) is 5.73 Å². The van der Waals surface area contributed by atoms with E-state index in [1.54, 1.807) is 0 Å². The summed E-state index contributed by atoms with van der Waals surface area (Å²) < 4.78 is 5.61. The maximum Gasteiger partial charge on any atom is 0.0743 e. The Morgan fingerprint density at radius 2 is 2.42 bits per heavy atom. The van der Waals surface area contributed by atoms with Crippen LogP contribution in [-0.4, -0.2) is 43.8 Å². The molecule has 0 amide bonds. The Hall–Kier alpha value is -0.120. The van der Waals surface area contributed by atoms with Gasteiger partial charge in [0, 0.05) is 19.2 Å². The number of hydrogen-bond donors (Lipinski definition) is 1. The van der Waals surface area contributed by atoms with E-state index in [0.717, 1.165) is 13.2 Å². The quantitative estimate of drug-likeness (QED) is 0.669. The Bertz CT molecular complexity index is 124. The molecule has 0 saturated carbocycles. The van der Waals surface area contributed by atoms with Crippen molar-refractivity contribution < 1.29 is 4.74 Å². The first-order chi connectivity index (χ1) is 5.79. The highest BCUT2D eigenvalue weighted by Crippen LogP contribution is 2.18. The van der Waals surface area contributed by atoms with Gasteiger partial charge in [0.2, 0.25) is 0 Å². The molecule has 0 aromatic rings. The van der Waals surface area contributed by atoms with E-state index in [4.69, 9.17) is 10.5 Å². The summed E-state index contributed by atoms with van der Waals surface area (Å²) in [6, 6.07) is 0.414. The molecule has 1 saturated heterocycles. The third-order valence-corrected chi connectivity index (χ3v) is 2.70. The first kappa shape index (κ1) is 9.96. The van der Waals surface area contributed by atoms with E-state index in [-0.39, 0.29) is 0 Å². The van der Waals surface area contributed by atoms with Gasteiger partial charge in [-0.05, 0) is 26.4 Å². The first-order valence-electron chi connectivity index (χ1n) is 4.81. The fraction of sp³-hybridized carbons (Fsp3) is 1.00. The largest absolute Gasteiger partial charge is 0.377 e. The monoisotopic (exact) mass is 172 g/mol. The van der Waals surface area contributed by atoms with E-state index in [1.165, 1.54) is 12.8 Å². The molecule has 0 spiro atoms. The molecule has 12 heavy (non-hydrogen) atoms. The van der Waals surface area contributed by atoms with Gasteiger partial charge in [-0.15, -0.1) is 0 Å². The number of likely N-dealkylation sites (N-methyl/N-ethyl adjacent to an activating group) is 1. The third kappa shape index (κ3) is 2.19. The molecule has 1 fully saturated rings. The topological polar surface area (TPSA) is 38.5 Å². The summed E-state index contributed by atoms with van der Waals surface area (Å²) >= 11 is 0. The van der Waals surface area contributed by atoms with Gasteiger partial charge >= 0.3 is 0 Å². The fourth-order valence-electron chi connectivity index (χ4n) is 1.76. The van der Waals surface area contributed by atoms with Crippen molar-refractivity contribution in [2.75, 3.05) is 26.7 Å². The van der Waals surface area contributed by atoms with E-state index in [1.807, 2.05) is 0 Å². The van der Waals surface area contributed by atoms with Gasteiger partial charge in [-0.2, -0.15) is 0 Å². The van der Waals surface area contributed by atoms with Gasteiger partial charge in [-0.1, -0.05) is 6.92 Å². The Morgan fingerprint density at radius 3 is 2.83 bits per heavy atom. The number of nitrogens with two attached hydrogens (primary N) is 1. The van der Waals surface area contributed by atoms with Crippen LogP contribution in [0.15, 0.2) is 0 Å². The zero-order valence-corrected chi connectivity index (χ0v) is 8.12. The average molecular weight is 172 g/mol. The van der Waals surface area contributed by atoms with Crippen molar-refractivity contribution in [2.45, 2.75) is 31.9 Å². The Kier molecular flexibility index (Phi) is 3.98. The molecule has 0 aromatic carbocycles. The van der Waals surface area contributed by atoms with Gasteiger partial charge < -0.3 is 10.5 Å². The van der Waals surface area contributed by atoms with Crippen molar-refractivity contribution in [1.29, 1.82) is 0 Å². The molecule has 0 aliphatic carbocycles. The average Bonchev–Trinajstić information content (AvgIpc) is 2.58. The molecule has 1 heterocycles. The smallest absolute Gasteiger partial charge is 0.0743 e. The molecular formula is C9H20N2O. The molecule has 1 aliphatic rings. The van der Waals surface area contributed by atoms with Crippen LogP contribution in [0.5, 0.6) is 0 Å². The number of hydrogen-bond acceptors (Lipinski definition) is 3. The lowest BCUT2D eigenvalue weighted by Gasteiger charge is -2.30. The number of rotatable bonds is 4. The van der Waals surface area contributed by atoms with Crippen LogP contribution >= 0.6 is 0 Å². The van der Waals surface area contributed by atoms with Crippen LogP contribution in [0.3, 0.4) is 0 Å². The van der Waals surface area contributed by atoms with Crippen molar-refractivity contribution in [3.05, 3.63) is 0 Å². The van der Waals surface area contributed by atoms with Crippen molar-refractivity contribution >= 4 is 0 Å². The Labute approximate surface area is 74.9 Å². The van der Waals surface area contributed by atoms with Gasteiger partial charge in [0.05, 0.1) is 6.10 Å². The maximum atomic E-state index is 5.71. The molecule has 1 aliphatic heterocycles. The molecule has 0 aromatic heterocycles. The SMILES string of the molecule is CCN(C)C(CN)C1CCCO1. The molecule has 0 radical (unpaired) electrons. The second-order valence-corrected chi connectivity index (χ2v) is 3.43. The highest BCUT2D eigenvalue weighted by Gasteiger charge is 2.26. The zero-order valence-electron chi connectivity index (χ0n) is 8.12. The van der Waals surface area contributed by atoms with Crippen LogP contribution in [0, 0.1) is 0 Å². The lowest BCUT2D eigenvalue weighted by atomic mass is 10.1. The summed E-state index contributed by atoms with van der Waals surface area (Å²) in [5, 5.41) is 0. The minimum Gasteiger partial charge on any atom is -0.377 e. The van der Waals surface area contributed by atoms with Gasteiger partial charge in [0.25, 0.3) is 0 Å². The molecule has 2 unspecified atom stereocenters. The Balaban J connectivity index is 2.42.